The number of aromatic nitrogens is 1. The summed E-state index contributed by atoms with van der Waals surface area (Å²) >= 11 is 0. The van der Waals surface area contributed by atoms with Gasteiger partial charge in [-0.25, -0.2) is 13.2 Å². The number of anilines is 2. The quantitative estimate of drug-likeness (QED) is 0.265. The van der Waals surface area contributed by atoms with Gasteiger partial charge in [0, 0.05) is 42.5 Å². The average Bonchev–Trinajstić information content (AvgIpc) is 3.88. The maximum absolute atomic E-state index is 14.3. The molecule has 4 bridgehead atoms. The van der Waals surface area contributed by atoms with E-state index in [1.165, 1.54) is 11.0 Å². The molecule has 10 nitrogen and oxygen atoms in total. The number of likely N-dealkylation sites (N-methyl/N-ethyl adjacent to an activating group) is 1. The second kappa shape index (κ2) is 12.0. The molecule has 3 heterocycles. The van der Waals surface area contributed by atoms with Gasteiger partial charge in [-0.1, -0.05) is 38.1 Å². The van der Waals surface area contributed by atoms with Gasteiger partial charge in [-0.15, -0.1) is 0 Å². The van der Waals surface area contributed by atoms with Crippen LogP contribution in [0.3, 0.4) is 0 Å². The Balaban J connectivity index is 1.45. The van der Waals surface area contributed by atoms with Crippen molar-refractivity contribution in [1.82, 2.24) is 9.88 Å². The molecule has 2 aliphatic heterocycles. The fraction of sp³-hybridized carbons (Fsp3) is 0.324. The number of sulfone groups is 1. The standard InChI is InChI=1S/C34H36N4O6S/c1-4-21-15-23-6-11-28(21)20(2)19-44-34(41)37-25-8-12-30(45(42,43)27-9-10-27)24(16-25)18-38(3)33(40)31(23)36-26-7-5-22-13-14-35-32(39)29(22)17-26/h5-8,11-17,20,27,31,36H,4,9-10,18-19H2,1-3H3,(H,35,39)(H,37,41)/t20-,31+/m0/s1. The number of aryl methyl sites for hydroxylation is 1. The second-order valence-corrected chi connectivity index (χ2v) is 14.1. The summed E-state index contributed by atoms with van der Waals surface area (Å²) in [7, 11) is -1.98. The van der Waals surface area contributed by atoms with Crippen LogP contribution in [0.4, 0.5) is 16.2 Å². The van der Waals surface area contributed by atoms with E-state index in [1.807, 2.05) is 50.2 Å². The molecule has 0 saturated heterocycles. The molecule has 3 aliphatic rings. The maximum atomic E-state index is 14.3. The summed E-state index contributed by atoms with van der Waals surface area (Å²) in [6.07, 6.45) is 2.83. The molecule has 0 spiro atoms. The molecule has 3 N–H and O–H groups in total. The normalized spacial score (nSPS) is 19.3. The van der Waals surface area contributed by atoms with Crippen LogP contribution in [-0.2, 0) is 32.3 Å². The number of H-pyrrole nitrogens is 1. The number of benzene rings is 3. The number of aromatic amines is 1. The molecule has 0 radical (unpaired) electrons. The summed E-state index contributed by atoms with van der Waals surface area (Å²) in [6, 6.07) is 16.8. The van der Waals surface area contributed by atoms with Gasteiger partial charge in [0.05, 0.1) is 16.8 Å². The number of fused-ring (bicyclic) bond motifs is 10. The number of pyridine rings is 1. The van der Waals surface area contributed by atoms with Crippen molar-refractivity contribution >= 4 is 44.0 Å². The lowest BCUT2D eigenvalue weighted by molar-refractivity contribution is -0.131. The Kier molecular flexibility index (Phi) is 8.13. The van der Waals surface area contributed by atoms with Gasteiger partial charge in [0.15, 0.2) is 9.84 Å². The van der Waals surface area contributed by atoms with E-state index in [0.717, 1.165) is 16.5 Å². The first-order chi connectivity index (χ1) is 21.5. The van der Waals surface area contributed by atoms with Crippen LogP contribution in [0, 0.1) is 0 Å². The van der Waals surface area contributed by atoms with Gasteiger partial charge in [0.2, 0.25) is 5.91 Å². The Hall–Kier alpha value is -4.64. The first kappa shape index (κ1) is 30.4. The van der Waals surface area contributed by atoms with Crippen molar-refractivity contribution in [2.75, 3.05) is 24.3 Å². The molecule has 0 unspecified atom stereocenters. The molecule has 3 aromatic carbocycles. The molecule has 11 heteroatoms. The third-order valence-electron chi connectivity index (χ3n) is 8.57. The van der Waals surface area contributed by atoms with Crippen molar-refractivity contribution in [2.24, 2.45) is 0 Å². The fourth-order valence-electron chi connectivity index (χ4n) is 5.93. The van der Waals surface area contributed by atoms with Crippen LogP contribution in [0.2, 0.25) is 0 Å². The highest BCUT2D eigenvalue weighted by Crippen LogP contribution is 2.37. The van der Waals surface area contributed by atoms with Crippen molar-refractivity contribution < 1.29 is 22.7 Å². The zero-order valence-corrected chi connectivity index (χ0v) is 26.2. The van der Waals surface area contributed by atoms with Gasteiger partial charge in [-0.05, 0) is 83.3 Å². The largest absolute Gasteiger partial charge is 0.449 e. The Labute approximate surface area is 261 Å². The van der Waals surface area contributed by atoms with Crippen LogP contribution < -0.4 is 16.2 Å². The molecule has 4 aromatic rings. The van der Waals surface area contributed by atoms with Gasteiger partial charge in [-0.2, -0.15) is 0 Å². The number of nitrogens with zero attached hydrogens (tertiary/aromatic N) is 1. The van der Waals surface area contributed by atoms with Crippen LogP contribution >= 0.6 is 0 Å². The third-order valence-corrected chi connectivity index (χ3v) is 10.9. The lowest BCUT2D eigenvalue weighted by atomic mass is 9.91. The van der Waals surface area contributed by atoms with Crippen LogP contribution in [-0.4, -0.2) is 49.2 Å². The van der Waals surface area contributed by atoms with Crippen LogP contribution in [0.1, 0.15) is 60.9 Å². The van der Waals surface area contributed by atoms with Crippen molar-refractivity contribution in [3.63, 3.8) is 0 Å². The Bertz CT molecular complexity index is 1970. The van der Waals surface area contributed by atoms with Crippen molar-refractivity contribution in [2.45, 2.75) is 61.8 Å². The molecule has 1 fully saturated rings. The third kappa shape index (κ3) is 6.17. The predicted octanol–water partition coefficient (Wildman–Crippen LogP) is 5.50. The molecule has 1 aromatic heterocycles. The lowest BCUT2D eigenvalue weighted by Gasteiger charge is -2.28. The Morgan fingerprint density at radius 2 is 1.80 bits per heavy atom. The number of rotatable bonds is 5. The zero-order chi connectivity index (χ0) is 31.9. The van der Waals surface area contributed by atoms with E-state index < -0.39 is 27.2 Å². The van der Waals surface area contributed by atoms with E-state index in [0.29, 0.717) is 47.2 Å². The molecule has 234 valence electrons. The van der Waals surface area contributed by atoms with Crippen molar-refractivity contribution in [3.05, 3.63) is 99.5 Å². The number of carbonyl (C=O) groups excluding carboxylic acids is 2. The number of carbonyl (C=O) groups is 2. The first-order valence-corrected chi connectivity index (χ1v) is 16.7. The molecule has 7 rings (SSSR count). The smallest absolute Gasteiger partial charge is 0.411 e. The highest BCUT2D eigenvalue weighted by Gasteiger charge is 2.38. The number of amides is 2. The van der Waals surface area contributed by atoms with Gasteiger partial charge in [0.25, 0.3) is 5.56 Å². The number of nitrogens with one attached hydrogen (secondary N) is 3. The maximum Gasteiger partial charge on any atom is 0.411 e. The molecule has 45 heavy (non-hydrogen) atoms. The molecular weight excluding hydrogens is 592 g/mol. The van der Waals surface area contributed by atoms with E-state index >= 15 is 0 Å². The van der Waals surface area contributed by atoms with Crippen LogP contribution in [0.5, 0.6) is 0 Å². The van der Waals surface area contributed by atoms with Crippen LogP contribution in [0.15, 0.2) is 76.6 Å². The molecular formula is C34H36N4O6S. The lowest BCUT2D eigenvalue weighted by Crippen LogP contribution is -2.35. The van der Waals surface area contributed by atoms with Gasteiger partial charge in [0.1, 0.15) is 6.04 Å². The minimum Gasteiger partial charge on any atom is -0.449 e. The van der Waals surface area contributed by atoms with E-state index in [2.05, 4.69) is 15.6 Å². The summed E-state index contributed by atoms with van der Waals surface area (Å²) in [4.78, 5) is 43.9. The zero-order valence-electron chi connectivity index (χ0n) is 25.4. The highest BCUT2D eigenvalue weighted by molar-refractivity contribution is 7.92. The average molecular weight is 629 g/mol. The highest BCUT2D eigenvalue weighted by atomic mass is 32.2. The van der Waals surface area contributed by atoms with Crippen LogP contribution in [0.25, 0.3) is 10.8 Å². The minimum absolute atomic E-state index is 0.0179. The topological polar surface area (TPSA) is 138 Å². The molecule has 2 atom stereocenters. The van der Waals surface area contributed by atoms with Gasteiger partial charge in [-0.3, -0.25) is 14.9 Å². The van der Waals surface area contributed by atoms with E-state index in [-0.39, 0.29) is 35.4 Å². The summed E-state index contributed by atoms with van der Waals surface area (Å²) in [6.45, 7) is 4.12. The second-order valence-electron chi connectivity index (χ2n) is 11.9. The van der Waals surface area contributed by atoms with E-state index in [9.17, 15) is 22.8 Å². The van der Waals surface area contributed by atoms with Crippen molar-refractivity contribution in [1.29, 1.82) is 0 Å². The summed E-state index contributed by atoms with van der Waals surface area (Å²) in [5, 5.41) is 6.90. The van der Waals surface area contributed by atoms with Crippen molar-refractivity contribution in [3.8, 4) is 0 Å². The summed E-state index contributed by atoms with van der Waals surface area (Å²) < 4.78 is 32.3. The number of hydrogen-bond donors (Lipinski definition) is 3. The molecule has 1 saturated carbocycles. The van der Waals surface area contributed by atoms with E-state index in [1.54, 1.807) is 31.4 Å². The number of hydrogen-bond acceptors (Lipinski definition) is 7. The number of ether oxygens (including phenoxy) is 1. The summed E-state index contributed by atoms with van der Waals surface area (Å²) in [5.74, 6) is -0.411. The Morgan fingerprint density at radius 1 is 1.00 bits per heavy atom. The van der Waals surface area contributed by atoms with Gasteiger partial charge < -0.3 is 19.9 Å². The van der Waals surface area contributed by atoms with Gasteiger partial charge >= 0.3 is 6.09 Å². The fourth-order valence-corrected chi connectivity index (χ4v) is 7.80. The van der Waals surface area contributed by atoms with E-state index in [4.69, 9.17) is 4.74 Å². The SMILES string of the molecule is CCc1cc2ccc1[C@@H](C)COC(=O)Nc1ccc(S(=O)(=O)C3CC3)c(c1)CN(C)C(=O)[C@@H]2Nc1ccc2cc[nH]c(=O)c2c1. The molecule has 1 aliphatic carbocycles. The minimum atomic E-state index is -3.61. The monoisotopic (exact) mass is 628 g/mol. The predicted molar refractivity (Wildman–Crippen MR) is 173 cm³/mol. The summed E-state index contributed by atoms with van der Waals surface area (Å²) in [5.41, 5.74) is 3.86. The molecule has 2 amide bonds. The first-order valence-electron chi connectivity index (χ1n) is 15.1. The Morgan fingerprint density at radius 3 is 2.56 bits per heavy atom.